The van der Waals surface area contributed by atoms with E-state index in [1.807, 2.05) is 0 Å². The summed E-state index contributed by atoms with van der Waals surface area (Å²) in [5, 5.41) is 8.59. The lowest BCUT2D eigenvalue weighted by Gasteiger charge is -2.27. The topological polar surface area (TPSA) is 57.6 Å². The molecule has 1 N–H and O–H groups in total. The third-order valence-corrected chi connectivity index (χ3v) is 2.85. The average molecular weight is 285 g/mol. The number of aliphatic carboxylic acids is 1. The van der Waals surface area contributed by atoms with Crippen molar-refractivity contribution in [2.75, 3.05) is 6.54 Å². The van der Waals surface area contributed by atoms with Gasteiger partial charge in [0.15, 0.2) is 0 Å². The van der Waals surface area contributed by atoms with Crippen LogP contribution in [0.2, 0.25) is 0 Å². The number of carbonyl (C=O) groups excluding carboxylic acids is 1. The van der Waals surface area contributed by atoms with Gasteiger partial charge in [0.2, 0.25) is 0 Å². The Labute approximate surface area is 116 Å². The Hall–Kier alpha value is -1.98. The van der Waals surface area contributed by atoms with Crippen LogP contribution in [0, 0.1) is 11.6 Å². The summed E-state index contributed by atoms with van der Waals surface area (Å²) in [5.41, 5.74) is -0.600. The molecule has 0 fully saturated rings. The van der Waals surface area contributed by atoms with Gasteiger partial charge in [-0.15, -0.1) is 0 Å². The molecule has 0 aliphatic carbocycles. The minimum absolute atomic E-state index is 0.101. The van der Waals surface area contributed by atoms with Crippen molar-refractivity contribution in [1.82, 2.24) is 4.90 Å². The molecule has 0 atom stereocenters. The third kappa shape index (κ3) is 4.01. The fraction of sp³-hybridized carbons (Fsp3) is 0.429. The van der Waals surface area contributed by atoms with Crippen LogP contribution in [0.25, 0.3) is 0 Å². The number of carboxylic acid groups (broad SMARTS) is 1. The van der Waals surface area contributed by atoms with Crippen molar-refractivity contribution in [3.8, 4) is 0 Å². The Bertz CT molecular complexity index is 483. The van der Waals surface area contributed by atoms with Crippen molar-refractivity contribution in [2.45, 2.75) is 32.7 Å². The summed E-state index contributed by atoms with van der Waals surface area (Å²) in [5.74, 6) is -3.57. The van der Waals surface area contributed by atoms with Gasteiger partial charge in [0.05, 0.1) is 0 Å². The van der Waals surface area contributed by atoms with E-state index in [-0.39, 0.29) is 25.4 Å². The van der Waals surface area contributed by atoms with E-state index in [0.717, 1.165) is 12.1 Å². The maximum Gasteiger partial charge on any atom is 0.303 e. The molecule has 0 radical (unpaired) electrons. The molecule has 4 nitrogen and oxygen atoms in total. The van der Waals surface area contributed by atoms with Crippen LogP contribution in [-0.4, -0.2) is 34.5 Å². The fourth-order valence-corrected chi connectivity index (χ4v) is 1.84. The molecule has 0 heterocycles. The first-order valence-corrected chi connectivity index (χ1v) is 6.31. The zero-order valence-corrected chi connectivity index (χ0v) is 11.4. The number of benzene rings is 1. The minimum Gasteiger partial charge on any atom is -0.481 e. The van der Waals surface area contributed by atoms with Crippen LogP contribution in [0.5, 0.6) is 0 Å². The number of nitrogens with zero attached hydrogens (tertiary/aromatic N) is 1. The van der Waals surface area contributed by atoms with Gasteiger partial charge in [0.1, 0.15) is 17.2 Å². The predicted octanol–water partition coefficient (Wildman–Crippen LogP) is 2.68. The molecule has 0 bridgehead atoms. The Morgan fingerprint density at radius 1 is 1.25 bits per heavy atom. The van der Waals surface area contributed by atoms with E-state index in [0.29, 0.717) is 0 Å². The fourth-order valence-electron chi connectivity index (χ4n) is 1.84. The second kappa shape index (κ2) is 6.98. The first kappa shape index (κ1) is 16.1. The zero-order valence-electron chi connectivity index (χ0n) is 11.4. The summed E-state index contributed by atoms with van der Waals surface area (Å²) in [4.78, 5) is 23.9. The van der Waals surface area contributed by atoms with Gasteiger partial charge in [0, 0.05) is 19.0 Å². The molecule has 0 aromatic heterocycles. The van der Waals surface area contributed by atoms with Crippen molar-refractivity contribution in [1.29, 1.82) is 0 Å². The van der Waals surface area contributed by atoms with Crippen LogP contribution in [0.1, 0.15) is 37.0 Å². The highest BCUT2D eigenvalue weighted by atomic mass is 19.1. The Kier molecular flexibility index (Phi) is 5.61. The lowest BCUT2D eigenvalue weighted by atomic mass is 10.1. The average Bonchev–Trinajstić information content (AvgIpc) is 2.33. The minimum atomic E-state index is -0.974. The van der Waals surface area contributed by atoms with Crippen LogP contribution >= 0.6 is 0 Å². The van der Waals surface area contributed by atoms with Gasteiger partial charge in [-0.05, 0) is 32.4 Å². The number of hydrogen-bond acceptors (Lipinski definition) is 2. The van der Waals surface area contributed by atoms with Gasteiger partial charge in [-0.1, -0.05) is 6.07 Å². The maximum absolute atomic E-state index is 13.6. The van der Waals surface area contributed by atoms with Crippen molar-refractivity contribution < 1.29 is 23.5 Å². The van der Waals surface area contributed by atoms with E-state index >= 15 is 0 Å². The second-order valence-electron chi connectivity index (χ2n) is 4.69. The van der Waals surface area contributed by atoms with Crippen LogP contribution in [0.15, 0.2) is 18.2 Å². The number of hydrogen-bond donors (Lipinski definition) is 1. The van der Waals surface area contributed by atoms with Crippen molar-refractivity contribution >= 4 is 11.9 Å². The summed E-state index contributed by atoms with van der Waals surface area (Å²) in [6, 6.07) is 2.94. The van der Waals surface area contributed by atoms with Crippen molar-refractivity contribution in [3.05, 3.63) is 35.4 Å². The molecule has 0 aliphatic heterocycles. The molecule has 0 unspecified atom stereocenters. The molecule has 110 valence electrons. The monoisotopic (exact) mass is 285 g/mol. The van der Waals surface area contributed by atoms with Crippen LogP contribution in [0.3, 0.4) is 0 Å². The zero-order chi connectivity index (χ0) is 15.3. The quantitative estimate of drug-likeness (QED) is 0.874. The highest BCUT2D eigenvalue weighted by Gasteiger charge is 2.24. The largest absolute Gasteiger partial charge is 0.481 e. The second-order valence-corrected chi connectivity index (χ2v) is 4.69. The van der Waals surface area contributed by atoms with E-state index < -0.39 is 29.1 Å². The lowest BCUT2D eigenvalue weighted by molar-refractivity contribution is -0.137. The van der Waals surface area contributed by atoms with Gasteiger partial charge < -0.3 is 10.0 Å². The molecular weight excluding hydrogens is 268 g/mol. The first-order chi connectivity index (χ1) is 9.34. The van der Waals surface area contributed by atoms with Crippen LogP contribution in [-0.2, 0) is 4.79 Å². The van der Waals surface area contributed by atoms with Gasteiger partial charge in [-0.3, -0.25) is 9.59 Å². The molecule has 0 saturated heterocycles. The highest BCUT2D eigenvalue weighted by Crippen LogP contribution is 2.17. The smallest absolute Gasteiger partial charge is 0.303 e. The molecule has 1 amide bonds. The van der Waals surface area contributed by atoms with Crippen LogP contribution in [0.4, 0.5) is 8.78 Å². The van der Waals surface area contributed by atoms with E-state index in [1.54, 1.807) is 13.8 Å². The number of carbonyl (C=O) groups is 2. The molecule has 1 aromatic carbocycles. The number of amides is 1. The number of halogens is 2. The van der Waals surface area contributed by atoms with E-state index in [9.17, 15) is 18.4 Å². The van der Waals surface area contributed by atoms with Gasteiger partial charge in [0.25, 0.3) is 5.91 Å². The number of carboxylic acids is 1. The molecule has 6 heteroatoms. The normalized spacial score (nSPS) is 10.7. The molecular formula is C14H17F2NO3. The summed E-state index contributed by atoms with van der Waals surface area (Å²) in [6.07, 6.45) is 0.131. The Balaban J connectivity index is 2.91. The highest BCUT2D eigenvalue weighted by molar-refractivity contribution is 5.95. The standard InChI is InChI=1S/C14H17F2NO3/c1-9(2)17(8-4-7-12(18)19)14(20)13-10(15)5-3-6-11(13)16/h3,5-6,9H,4,7-8H2,1-2H3,(H,18,19). The third-order valence-electron chi connectivity index (χ3n) is 2.85. The lowest BCUT2D eigenvalue weighted by Crippen LogP contribution is -2.38. The van der Waals surface area contributed by atoms with Gasteiger partial charge in [-0.2, -0.15) is 0 Å². The van der Waals surface area contributed by atoms with Crippen molar-refractivity contribution in [2.24, 2.45) is 0 Å². The summed E-state index contributed by atoms with van der Waals surface area (Å²) in [7, 11) is 0. The maximum atomic E-state index is 13.6. The predicted molar refractivity (Wildman–Crippen MR) is 69.4 cm³/mol. The summed E-state index contributed by atoms with van der Waals surface area (Å²) >= 11 is 0. The van der Waals surface area contributed by atoms with Gasteiger partial charge >= 0.3 is 5.97 Å². The van der Waals surface area contributed by atoms with Gasteiger partial charge in [-0.25, -0.2) is 8.78 Å². The first-order valence-electron chi connectivity index (χ1n) is 6.31. The van der Waals surface area contributed by atoms with E-state index in [1.165, 1.54) is 11.0 Å². The Morgan fingerprint density at radius 2 is 1.80 bits per heavy atom. The molecule has 20 heavy (non-hydrogen) atoms. The Morgan fingerprint density at radius 3 is 2.25 bits per heavy atom. The van der Waals surface area contributed by atoms with E-state index in [4.69, 9.17) is 5.11 Å². The molecule has 0 aliphatic rings. The molecule has 1 rings (SSSR count). The van der Waals surface area contributed by atoms with Crippen LogP contribution < -0.4 is 0 Å². The van der Waals surface area contributed by atoms with E-state index in [2.05, 4.69) is 0 Å². The summed E-state index contributed by atoms with van der Waals surface area (Å²) < 4.78 is 27.2. The summed E-state index contributed by atoms with van der Waals surface area (Å²) in [6.45, 7) is 3.55. The molecule has 0 saturated carbocycles. The molecule has 1 aromatic rings. The number of rotatable bonds is 6. The molecule has 0 spiro atoms. The van der Waals surface area contributed by atoms with Crippen molar-refractivity contribution in [3.63, 3.8) is 0 Å². The SMILES string of the molecule is CC(C)N(CCCC(=O)O)C(=O)c1c(F)cccc1F.